The van der Waals surface area contributed by atoms with Crippen molar-refractivity contribution in [3.05, 3.63) is 12.7 Å². The Kier molecular flexibility index (Phi) is 5.35. The number of ether oxygens (including phenoxy) is 1. The maximum absolute atomic E-state index is 9.61. The van der Waals surface area contributed by atoms with Gasteiger partial charge in [-0.2, -0.15) is 0 Å². The van der Waals surface area contributed by atoms with Crippen LogP contribution in [0, 0.1) is 12.0 Å². The van der Waals surface area contributed by atoms with Crippen molar-refractivity contribution in [1.82, 2.24) is 0 Å². The van der Waals surface area contributed by atoms with Gasteiger partial charge in [-0.1, -0.05) is 12.7 Å². The van der Waals surface area contributed by atoms with Crippen LogP contribution in [0.15, 0.2) is 12.7 Å². The predicted molar refractivity (Wildman–Crippen MR) is 29.5 cm³/mol. The summed E-state index contributed by atoms with van der Waals surface area (Å²) in [5.74, 6) is 2.21. The molecule has 0 rings (SSSR count). The summed E-state index contributed by atoms with van der Waals surface area (Å²) in [6, 6.07) is 0. The van der Waals surface area contributed by atoms with Gasteiger partial charge in [0.2, 0.25) is 0 Å². The van der Waals surface area contributed by atoms with Gasteiger partial charge in [-0.05, 0) is 5.92 Å². The van der Waals surface area contributed by atoms with E-state index in [9.17, 15) is 5.11 Å². The van der Waals surface area contributed by atoms with Crippen LogP contribution in [0.2, 0.25) is 0 Å². The van der Waals surface area contributed by atoms with Gasteiger partial charge >= 0.3 is 0 Å². The van der Waals surface area contributed by atoms with E-state index in [-0.39, 0.29) is 0 Å². The second kappa shape index (κ2) is 6.06. The third kappa shape index (κ3) is 5.06. The Morgan fingerprint density at radius 3 is 3.00 bits per heavy atom. The van der Waals surface area contributed by atoms with Crippen molar-refractivity contribution < 1.29 is 9.84 Å². The molecule has 43 valence electrons. The van der Waals surface area contributed by atoms with Crippen molar-refractivity contribution in [2.45, 2.75) is 0 Å². The highest BCUT2D eigenvalue weighted by Gasteiger charge is 1.67. The highest BCUT2D eigenvalue weighted by atomic mass is 16.5. The zero-order valence-corrected chi connectivity index (χ0v) is 4.52. The van der Waals surface area contributed by atoms with Crippen LogP contribution in [0.4, 0.5) is 0 Å². The van der Waals surface area contributed by atoms with E-state index in [1.165, 1.54) is 0 Å². The smallest absolute Gasteiger partial charge is 0.146 e. The Bertz CT molecular complexity index is 107. The molecule has 2 nitrogen and oxygen atoms in total. The van der Waals surface area contributed by atoms with E-state index in [1.54, 1.807) is 6.08 Å². The summed E-state index contributed by atoms with van der Waals surface area (Å²) in [6.45, 7) is 3.36. The molecule has 0 saturated carbocycles. The van der Waals surface area contributed by atoms with Crippen molar-refractivity contribution in [2.75, 3.05) is 13.2 Å². The molecule has 0 N–H and O–H groups in total. The Morgan fingerprint density at radius 1 is 1.75 bits per heavy atom. The van der Waals surface area contributed by atoms with E-state index in [1.807, 2.05) is 0 Å². The second-order valence-electron chi connectivity index (χ2n) is 1.02. The standard InChI is InChI=1S/C6H7O2/c1-2-5-8-6-3-4-7/h2H,1,4-5H2. The van der Waals surface area contributed by atoms with Crippen LogP contribution in [0.1, 0.15) is 0 Å². The molecule has 0 spiro atoms. The zero-order chi connectivity index (χ0) is 6.24. The molecule has 0 atom stereocenters. The van der Waals surface area contributed by atoms with Gasteiger partial charge in [0.15, 0.2) is 0 Å². The third-order valence-electron chi connectivity index (χ3n) is 0.418. The van der Waals surface area contributed by atoms with Crippen molar-refractivity contribution in [1.29, 1.82) is 0 Å². The fourth-order valence-electron chi connectivity index (χ4n) is 0.181. The average molecular weight is 111 g/mol. The summed E-state index contributed by atoms with van der Waals surface area (Å²) in [5.41, 5.74) is 0. The van der Waals surface area contributed by atoms with Gasteiger partial charge in [0.05, 0.1) is 0 Å². The average Bonchev–Trinajstić information content (AvgIpc) is 1.81. The topological polar surface area (TPSA) is 29.1 Å². The summed E-state index contributed by atoms with van der Waals surface area (Å²) in [5, 5.41) is 9.61. The van der Waals surface area contributed by atoms with Crippen molar-refractivity contribution >= 4 is 0 Å². The van der Waals surface area contributed by atoms with E-state index in [0.29, 0.717) is 6.61 Å². The summed E-state index contributed by atoms with van der Waals surface area (Å²) in [7, 11) is 0. The molecule has 2 heteroatoms. The molecule has 0 amide bonds. The number of hydrogen-bond acceptors (Lipinski definition) is 1. The first-order chi connectivity index (χ1) is 3.91. The highest BCUT2D eigenvalue weighted by Crippen LogP contribution is 1.67. The van der Waals surface area contributed by atoms with Crippen LogP contribution in [0.25, 0.3) is 0 Å². The Labute approximate surface area is 48.8 Å². The predicted octanol–water partition coefficient (Wildman–Crippen LogP) is 0.580. The first-order valence-electron chi connectivity index (χ1n) is 2.20. The molecule has 0 aliphatic carbocycles. The van der Waals surface area contributed by atoms with Gasteiger partial charge in [-0.25, -0.2) is 5.11 Å². The zero-order valence-electron chi connectivity index (χ0n) is 4.52. The molecule has 1 radical (unpaired) electrons. The molecule has 0 aromatic heterocycles. The molecule has 8 heavy (non-hydrogen) atoms. The molecule has 0 aliphatic rings. The maximum Gasteiger partial charge on any atom is 0.146 e. The number of hydrogen-bond donors (Lipinski definition) is 0. The molecule has 0 fully saturated rings. The van der Waals surface area contributed by atoms with Crippen LogP contribution in [-0.2, 0) is 9.84 Å². The summed E-state index contributed by atoms with van der Waals surface area (Å²) < 4.78 is 4.54. The molecule has 0 aliphatic heterocycles. The molecule has 0 heterocycles. The van der Waals surface area contributed by atoms with Gasteiger partial charge in [-0.3, -0.25) is 0 Å². The van der Waals surface area contributed by atoms with Crippen LogP contribution in [0.3, 0.4) is 0 Å². The first-order valence-corrected chi connectivity index (χ1v) is 2.20. The largest absolute Gasteiger partial charge is 0.442 e. The molecular weight excluding hydrogens is 104 g/mol. The van der Waals surface area contributed by atoms with Gasteiger partial charge in [0.1, 0.15) is 19.3 Å². The van der Waals surface area contributed by atoms with Crippen molar-refractivity contribution in [3.63, 3.8) is 0 Å². The first kappa shape index (κ1) is 7.06. The van der Waals surface area contributed by atoms with Crippen molar-refractivity contribution in [3.8, 4) is 12.0 Å². The Morgan fingerprint density at radius 2 is 2.50 bits per heavy atom. The molecular formula is C6H7O2. The molecule has 0 saturated heterocycles. The lowest BCUT2D eigenvalue weighted by Gasteiger charge is -1.83. The van der Waals surface area contributed by atoms with E-state index in [4.69, 9.17) is 0 Å². The molecule has 0 unspecified atom stereocenters. The quantitative estimate of drug-likeness (QED) is 0.291. The highest BCUT2D eigenvalue weighted by molar-refractivity contribution is 4.91. The van der Waals surface area contributed by atoms with E-state index < -0.39 is 6.61 Å². The minimum absolute atomic E-state index is 0.382. The fraction of sp³-hybridized carbons (Fsp3) is 0.333. The summed E-state index contributed by atoms with van der Waals surface area (Å²) >= 11 is 0. The fourth-order valence-corrected chi connectivity index (χ4v) is 0.181. The monoisotopic (exact) mass is 111 g/mol. The second-order valence-corrected chi connectivity index (χ2v) is 1.02. The molecule has 0 aromatic carbocycles. The third-order valence-corrected chi connectivity index (χ3v) is 0.418. The van der Waals surface area contributed by atoms with E-state index >= 15 is 0 Å². The summed E-state index contributed by atoms with van der Waals surface area (Å²) in [6.07, 6.45) is 3.77. The molecule has 0 bridgehead atoms. The van der Waals surface area contributed by atoms with Gasteiger partial charge in [0, 0.05) is 0 Å². The van der Waals surface area contributed by atoms with Crippen molar-refractivity contribution in [2.24, 2.45) is 0 Å². The lowest BCUT2D eigenvalue weighted by atomic mass is 10.7. The lowest BCUT2D eigenvalue weighted by molar-refractivity contribution is 0.236. The van der Waals surface area contributed by atoms with Gasteiger partial charge in [0.25, 0.3) is 0 Å². The van der Waals surface area contributed by atoms with Gasteiger partial charge < -0.3 is 4.74 Å². The lowest BCUT2D eigenvalue weighted by Crippen LogP contribution is -1.79. The van der Waals surface area contributed by atoms with Crippen LogP contribution in [0.5, 0.6) is 0 Å². The Hall–Kier alpha value is -0.940. The van der Waals surface area contributed by atoms with E-state index in [0.717, 1.165) is 0 Å². The van der Waals surface area contributed by atoms with Crippen LogP contribution < -0.4 is 0 Å². The SMILES string of the molecule is C=CCOC#CC[O]. The minimum atomic E-state index is -0.406. The minimum Gasteiger partial charge on any atom is -0.442 e. The molecule has 0 aromatic rings. The summed E-state index contributed by atoms with van der Waals surface area (Å²) in [4.78, 5) is 0. The normalized spacial score (nSPS) is 6.62. The van der Waals surface area contributed by atoms with Gasteiger partial charge in [-0.15, -0.1) is 0 Å². The maximum atomic E-state index is 9.61. The Balaban J connectivity index is 3.02. The van der Waals surface area contributed by atoms with Crippen LogP contribution >= 0.6 is 0 Å². The van der Waals surface area contributed by atoms with E-state index in [2.05, 4.69) is 23.3 Å². The van der Waals surface area contributed by atoms with Crippen LogP contribution in [-0.4, -0.2) is 13.2 Å². The number of rotatable bonds is 2.